The van der Waals surface area contributed by atoms with Gasteiger partial charge in [-0.15, -0.1) is 0 Å². The highest BCUT2D eigenvalue weighted by molar-refractivity contribution is 6.46. The van der Waals surface area contributed by atoms with E-state index in [0.717, 1.165) is 23.3 Å². The first-order chi connectivity index (χ1) is 22.1. The number of likely N-dealkylation sites (tertiary alicyclic amines) is 2. The number of carbonyl (C=O) groups is 3. The summed E-state index contributed by atoms with van der Waals surface area (Å²) < 4.78 is 51.9. The lowest BCUT2D eigenvalue weighted by atomic mass is 9.92. The maximum Gasteiger partial charge on any atom is 0.416 e. The van der Waals surface area contributed by atoms with E-state index in [1.165, 1.54) is 21.9 Å². The lowest BCUT2D eigenvalue weighted by Gasteiger charge is -2.39. The topological polar surface area (TPSA) is 96.4 Å². The molecular weight excluding hydrogens is 613 g/mol. The second kappa shape index (κ2) is 13.1. The number of ether oxygens (including phenoxy) is 2. The van der Waals surface area contributed by atoms with Crippen LogP contribution in [0.1, 0.15) is 67.5 Å². The van der Waals surface area contributed by atoms with E-state index in [2.05, 4.69) is 0 Å². The van der Waals surface area contributed by atoms with Gasteiger partial charge in [0.2, 0.25) is 0 Å². The summed E-state index contributed by atoms with van der Waals surface area (Å²) in [6, 6.07) is 16.9. The molecule has 2 heterocycles. The molecule has 2 saturated heterocycles. The number of benzene rings is 3. The Kier molecular flexibility index (Phi) is 9.38. The Morgan fingerprint density at radius 2 is 1.57 bits per heavy atom. The average molecular weight is 651 g/mol. The summed E-state index contributed by atoms with van der Waals surface area (Å²) in [5.74, 6) is -2.07. The first-order valence-corrected chi connectivity index (χ1v) is 15.4. The Morgan fingerprint density at radius 1 is 0.936 bits per heavy atom. The van der Waals surface area contributed by atoms with Crippen LogP contribution in [-0.4, -0.2) is 57.4 Å². The molecule has 8 nitrogen and oxygen atoms in total. The maximum atomic E-state index is 13.8. The molecule has 1 N–H and O–H groups in total. The number of carbonyl (C=O) groups excluding carboxylic acids is 3. The minimum Gasteiger partial charge on any atom is -0.507 e. The Morgan fingerprint density at radius 3 is 2.17 bits per heavy atom. The predicted octanol–water partition coefficient (Wildman–Crippen LogP) is 7.41. The molecule has 3 aromatic rings. The highest BCUT2D eigenvalue weighted by Gasteiger charge is 2.50. The first kappa shape index (κ1) is 33.6. The lowest BCUT2D eigenvalue weighted by Crippen LogP contribution is -2.49. The minimum absolute atomic E-state index is 0.164. The molecule has 47 heavy (non-hydrogen) atoms. The van der Waals surface area contributed by atoms with Gasteiger partial charge < -0.3 is 24.4 Å². The number of hydrogen-bond donors (Lipinski definition) is 1. The SMILES string of the molecule is Cc1ccc(OCc2ccccc2)c(/C(O)=C2\C(=O)C(=O)N(C3CCN(C(=O)OC(C)(C)C)CC3)C2c2ccc(C(F)(F)F)cc2)c1. The van der Waals surface area contributed by atoms with E-state index in [4.69, 9.17) is 9.47 Å². The zero-order valence-corrected chi connectivity index (χ0v) is 26.6. The molecule has 0 aromatic heterocycles. The summed E-state index contributed by atoms with van der Waals surface area (Å²) in [5, 5.41) is 11.8. The fourth-order valence-electron chi connectivity index (χ4n) is 5.90. The van der Waals surface area contributed by atoms with Crippen molar-refractivity contribution in [1.29, 1.82) is 0 Å². The van der Waals surface area contributed by atoms with Crippen LogP contribution in [0, 0.1) is 6.92 Å². The van der Waals surface area contributed by atoms with Crippen molar-refractivity contribution in [1.82, 2.24) is 9.80 Å². The Labute approximate surface area is 271 Å². The van der Waals surface area contributed by atoms with Crippen LogP contribution in [0.15, 0.2) is 78.4 Å². The third-order valence-corrected chi connectivity index (χ3v) is 8.17. The van der Waals surface area contributed by atoms with Gasteiger partial charge in [0, 0.05) is 19.1 Å². The highest BCUT2D eigenvalue weighted by atomic mass is 19.4. The van der Waals surface area contributed by atoms with E-state index < -0.39 is 53.0 Å². The van der Waals surface area contributed by atoms with Gasteiger partial charge in [0.25, 0.3) is 11.7 Å². The summed E-state index contributed by atoms with van der Waals surface area (Å²) in [4.78, 5) is 43.1. The monoisotopic (exact) mass is 650 g/mol. The van der Waals surface area contributed by atoms with Crippen molar-refractivity contribution in [2.75, 3.05) is 13.1 Å². The van der Waals surface area contributed by atoms with E-state index in [1.54, 1.807) is 45.9 Å². The van der Waals surface area contributed by atoms with Gasteiger partial charge in [-0.05, 0) is 75.9 Å². The van der Waals surface area contributed by atoms with Crippen molar-refractivity contribution in [3.63, 3.8) is 0 Å². The van der Waals surface area contributed by atoms with Crippen LogP contribution < -0.4 is 4.74 Å². The van der Waals surface area contributed by atoms with Crippen LogP contribution in [0.5, 0.6) is 5.75 Å². The van der Waals surface area contributed by atoms with E-state index in [-0.39, 0.29) is 42.1 Å². The zero-order valence-electron chi connectivity index (χ0n) is 26.6. The van der Waals surface area contributed by atoms with E-state index >= 15 is 0 Å². The van der Waals surface area contributed by atoms with Crippen molar-refractivity contribution < 1.29 is 42.1 Å². The number of piperidine rings is 1. The molecule has 2 amide bonds. The summed E-state index contributed by atoms with van der Waals surface area (Å²) in [6.45, 7) is 7.70. The minimum atomic E-state index is -4.60. The Balaban J connectivity index is 1.54. The van der Waals surface area contributed by atoms with Gasteiger partial charge in [-0.1, -0.05) is 54.1 Å². The highest BCUT2D eigenvalue weighted by Crippen LogP contribution is 2.44. The van der Waals surface area contributed by atoms with Gasteiger partial charge >= 0.3 is 12.3 Å². The van der Waals surface area contributed by atoms with Gasteiger partial charge in [0.05, 0.1) is 22.7 Å². The maximum absolute atomic E-state index is 13.8. The smallest absolute Gasteiger partial charge is 0.416 e. The van der Waals surface area contributed by atoms with E-state index in [0.29, 0.717) is 12.8 Å². The predicted molar refractivity (Wildman–Crippen MR) is 168 cm³/mol. The molecule has 0 bridgehead atoms. The van der Waals surface area contributed by atoms with E-state index in [9.17, 15) is 32.7 Å². The number of halogens is 3. The van der Waals surface area contributed by atoms with Crippen LogP contribution in [0.3, 0.4) is 0 Å². The van der Waals surface area contributed by atoms with Gasteiger partial charge in [0.15, 0.2) is 0 Å². The molecule has 0 aliphatic carbocycles. The molecule has 0 spiro atoms. The molecule has 0 radical (unpaired) electrons. The molecule has 1 unspecified atom stereocenters. The molecule has 1 atom stereocenters. The van der Waals surface area contributed by atoms with Crippen LogP contribution in [0.4, 0.5) is 18.0 Å². The molecule has 5 rings (SSSR count). The summed E-state index contributed by atoms with van der Waals surface area (Å²) in [5.41, 5.74) is 0.176. The second-order valence-corrected chi connectivity index (χ2v) is 12.8. The van der Waals surface area contributed by atoms with Crippen molar-refractivity contribution in [2.24, 2.45) is 0 Å². The number of aryl methyl sites for hydroxylation is 1. The number of nitrogens with zero attached hydrogens (tertiary/aromatic N) is 2. The normalized spacial score (nSPS) is 18.8. The largest absolute Gasteiger partial charge is 0.507 e. The molecule has 248 valence electrons. The van der Waals surface area contributed by atoms with Crippen molar-refractivity contribution in [3.05, 3.63) is 106 Å². The van der Waals surface area contributed by atoms with Crippen LogP contribution in [0.25, 0.3) is 5.76 Å². The molecule has 3 aromatic carbocycles. The third kappa shape index (κ3) is 7.45. The lowest BCUT2D eigenvalue weighted by molar-refractivity contribution is -0.142. The number of alkyl halides is 3. The van der Waals surface area contributed by atoms with E-state index in [1.807, 2.05) is 30.3 Å². The number of hydrogen-bond acceptors (Lipinski definition) is 6. The van der Waals surface area contributed by atoms with Crippen LogP contribution in [-0.2, 0) is 27.1 Å². The van der Waals surface area contributed by atoms with Gasteiger partial charge in [0.1, 0.15) is 23.7 Å². The number of rotatable bonds is 6. The zero-order chi connectivity index (χ0) is 34.1. The average Bonchev–Trinajstić information content (AvgIpc) is 3.29. The Bertz CT molecular complexity index is 1670. The van der Waals surface area contributed by atoms with Crippen molar-refractivity contribution in [3.8, 4) is 5.75 Å². The van der Waals surface area contributed by atoms with Gasteiger partial charge in [-0.2, -0.15) is 13.2 Å². The summed E-state index contributed by atoms with van der Waals surface area (Å²) in [6.07, 6.45) is -4.51. The molecule has 2 aliphatic heterocycles. The van der Waals surface area contributed by atoms with Crippen LogP contribution in [0.2, 0.25) is 0 Å². The molecule has 0 saturated carbocycles. The van der Waals surface area contributed by atoms with Crippen molar-refractivity contribution >= 4 is 23.5 Å². The standard InChI is InChI=1S/C36H37F3N2O6/c1-22-10-15-28(46-21-23-8-6-5-7-9-23)27(20-22)31(42)29-30(24-11-13-25(14-12-24)36(37,38)39)41(33(44)32(29)43)26-16-18-40(19-17-26)34(45)47-35(2,3)4/h5-15,20,26,30,42H,16-19,21H2,1-4H3/b31-29+. The molecule has 11 heteroatoms. The van der Waals surface area contributed by atoms with Gasteiger partial charge in [-0.3, -0.25) is 9.59 Å². The first-order valence-electron chi connectivity index (χ1n) is 15.4. The van der Waals surface area contributed by atoms with Crippen LogP contribution >= 0.6 is 0 Å². The molecule has 2 fully saturated rings. The third-order valence-electron chi connectivity index (χ3n) is 8.17. The second-order valence-electron chi connectivity index (χ2n) is 12.8. The molecular formula is C36H37F3N2O6. The number of amides is 2. The molecule has 2 aliphatic rings. The summed E-state index contributed by atoms with van der Waals surface area (Å²) in [7, 11) is 0. The number of Topliss-reactive ketones (excluding diaryl/α,β-unsaturated/α-hetero) is 1. The fraction of sp³-hybridized carbons (Fsp3) is 0.361. The number of aliphatic hydroxyl groups excluding tert-OH is 1. The van der Waals surface area contributed by atoms with Crippen molar-refractivity contribution in [2.45, 2.75) is 71.0 Å². The quantitative estimate of drug-likeness (QED) is 0.170. The summed E-state index contributed by atoms with van der Waals surface area (Å²) >= 11 is 0. The number of ketones is 1. The fourth-order valence-corrected chi connectivity index (χ4v) is 5.90. The van der Waals surface area contributed by atoms with Gasteiger partial charge in [-0.25, -0.2) is 4.79 Å². The Hall–Kier alpha value is -4.80. The number of aliphatic hydroxyl groups is 1.